The summed E-state index contributed by atoms with van der Waals surface area (Å²) in [4.78, 5) is 24.9. The van der Waals surface area contributed by atoms with E-state index in [0.717, 1.165) is 24.2 Å². The van der Waals surface area contributed by atoms with Crippen molar-refractivity contribution in [1.82, 2.24) is 5.32 Å². The van der Waals surface area contributed by atoms with Crippen LogP contribution in [0.5, 0.6) is 5.75 Å². The monoisotopic (exact) mass is 425 g/mol. The molecule has 1 atom stereocenters. The minimum absolute atomic E-state index is 0.0556. The SMILES string of the molecule is COC(=O)c1ccc(C(C)NC(=O)C2(CCCOc3ccccc3)CCOCC2)cc1. The molecule has 3 rings (SSSR count). The third-order valence-electron chi connectivity index (χ3n) is 5.92. The first-order valence-electron chi connectivity index (χ1n) is 10.8. The van der Waals surface area contributed by atoms with Gasteiger partial charge in [0.1, 0.15) is 5.75 Å². The first-order chi connectivity index (χ1) is 15.0. The fourth-order valence-corrected chi connectivity index (χ4v) is 3.93. The first kappa shape index (κ1) is 22.8. The fourth-order valence-electron chi connectivity index (χ4n) is 3.93. The molecule has 1 fully saturated rings. The summed E-state index contributed by atoms with van der Waals surface area (Å²) in [5.74, 6) is 0.527. The van der Waals surface area contributed by atoms with Crippen LogP contribution in [0.4, 0.5) is 0 Å². The number of para-hydroxylation sites is 1. The molecule has 0 spiro atoms. The van der Waals surface area contributed by atoms with Crippen molar-refractivity contribution in [3.05, 3.63) is 65.7 Å². The van der Waals surface area contributed by atoms with Crippen LogP contribution in [0.15, 0.2) is 54.6 Å². The Morgan fingerprint density at radius 2 is 1.74 bits per heavy atom. The molecule has 0 bridgehead atoms. The second-order valence-corrected chi connectivity index (χ2v) is 7.97. The molecule has 6 heteroatoms. The number of benzene rings is 2. The van der Waals surface area contributed by atoms with Crippen LogP contribution in [0, 0.1) is 5.41 Å². The lowest BCUT2D eigenvalue weighted by Gasteiger charge is -2.36. The number of nitrogens with one attached hydrogen (secondary N) is 1. The predicted molar refractivity (Wildman–Crippen MR) is 118 cm³/mol. The number of ether oxygens (including phenoxy) is 3. The molecule has 0 saturated carbocycles. The zero-order valence-electron chi connectivity index (χ0n) is 18.3. The summed E-state index contributed by atoms with van der Waals surface area (Å²) in [6, 6.07) is 16.7. The van der Waals surface area contributed by atoms with Gasteiger partial charge in [0, 0.05) is 13.2 Å². The van der Waals surface area contributed by atoms with Gasteiger partial charge in [-0.1, -0.05) is 30.3 Å². The van der Waals surface area contributed by atoms with Gasteiger partial charge >= 0.3 is 5.97 Å². The summed E-state index contributed by atoms with van der Waals surface area (Å²) >= 11 is 0. The van der Waals surface area contributed by atoms with E-state index in [1.807, 2.05) is 49.4 Å². The molecule has 1 unspecified atom stereocenters. The van der Waals surface area contributed by atoms with Crippen molar-refractivity contribution in [2.24, 2.45) is 5.41 Å². The molecule has 1 aliphatic heterocycles. The minimum Gasteiger partial charge on any atom is -0.494 e. The molecule has 1 aliphatic rings. The highest BCUT2D eigenvalue weighted by Crippen LogP contribution is 2.36. The third kappa shape index (κ3) is 6.07. The minimum atomic E-state index is -0.446. The first-order valence-corrected chi connectivity index (χ1v) is 10.8. The summed E-state index contributed by atoms with van der Waals surface area (Å²) in [7, 11) is 1.36. The average molecular weight is 426 g/mol. The molecule has 1 heterocycles. The average Bonchev–Trinajstić information content (AvgIpc) is 2.82. The van der Waals surface area contributed by atoms with Gasteiger partial charge in [-0.25, -0.2) is 4.79 Å². The number of rotatable bonds is 9. The molecule has 2 aromatic rings. The van der Waals surface area contributed by atoms with Crippen LogP contribution < -0.4 is 10.1 Å². The maximum Gasteiger partial charge on any atom is 0.337 e. The van der Waals surface area contributed by atoms with Crippen molar-refractivity contribution in [2.75, 3.05) is 26.9 Å². The Balaban J connectivity index is 1.58. The quantitative estimate of drug-likeness (QED) is 0.479. The van der Waals surface area contributed by atoms with Crippen molar-refractivity contribution in [3.8, 4) is 5.75 Å². The highest BCUT2D eigenvalue weighted by Gasteiger charge is 2.40. The number of methoxy groups -OCH3 is 1. The molecule has 31 heavy (non-hydrogen) atoms. The largest absolute Gasteiger partial charge is 0.494 e. The Bertz CT molecular complexity index is 844. The standard InChI is InChI=1S/C25H31NO5/c1-19(20-9-11-21(12-10-20)23(27)29-2)26-24(28)25(14-17-30-18-15-25)13-6-16-31-22-7-4-3-5-8-22/h3-5,7-12,19H,6,13-18H2,1-2H3,(H,26,28). The van der Waals surface area contributed by atoms with Crippen LogP contribution in [0.1, 0.15) is 54.6 Å². The van der Waals surface area contributed by atoms with Gasteiger partial charge in [0.15, 0.2) is 0 Å². The summed E-state index contributed by atoms with van der Waals surface area (Å²) in [5.41, 5.74) is 0.984. The number of esters is 1. The molecule has 166 valence electrons. The van der Waals surface area contributed by atoms with E-state index in [9.17, 15) is 9.59 Å². The van der Waals surface area contributed by atoms with Gasteiger partial charge in [-0.15, -0.1) is 0 Å². The van der Waals surface area contributed by atoms with E-state index in [0.29, 0.717) is 38.2 Å². The normalized spacial score (nSPS) is 16.2. The molecule has 1 amide bonds. The lowest BCUT2D eigenvalue weighted by Crippen LogP contribution is -2.45. The number of carbonyl (C=O) groups excluding carboxylic acids is 2. The van der Waals surface area contributed by atoms with Crippen molar-refractivity contribution >= 4 is 11.9 Å². The molecule has 0 radical (unpaired) electrons. The van der Waals surface area contributed by atoms with E-state index >= 15 is 0 Å². The summed E-state index contributed by atoms with van der Waals surface area (Å²) < 4.78 is 16.1. The number of carbonyl (C=O) groups is 2. The Morgan fingerprint density at radius 1 is 1.06 bits per heavy atom. The molecular formula is C25H31NO5. The van der Waals surface area contributed by atoms with Gasteiger partial charge in [0.2, 0.25) is 5.91 Å². The van der Waals surface area contributed by atoms with Crippen molar-refractivity contribution in [3.63, 3.8) is 0 Å². The van der Waals surface area contributed by atoms with E-state index in [2.05, 4.69) is 5.32 Å². The van der Waals surface area contributed by atoms with E-state index in [1.165, 1.54) is 7.11 Å². The lowest BCUT2D eigenvalue weighted by atomic mass is 9.75. The molecule has 1 saturated heterocycles. The maximum atomic E-state index is 13.3. The Kier molecular flexibility index (Phi) is 8.06. The Hall–Kier alpha value is -2.86. The van der Waals surface area contributed by atoms with Gasteiger partial charge in [0.25, 0.3) is 0 Å². The third-order valence-corrected chi connectivity index (χ3v) is 5.92. The molecule has 6 nitrogen and oxygen atoms in total. The van der Waals surface area contributed by atoms with Gasteiger partial charge in [-0.2, -0.15) is 0 Å². The van der Waals surface area contributed by atoms with E-state index in [1.54, 1.807) is 12.1 Å². The fraction of sp³-hybridized carbons (Fsp3) is 0.440. The molecule has 0 aliphatic carbocycles. The van der Waals surface area contributed by atoms with E-state index < -0.39 is 5.41 Å². The van der Waals surface area contributed by atoms with Gasteiger partial charge in [-0.05, 0) is 62.4 Å². The molecule has 1 N–H and O–H groups in total. The van der Waals surface area contributed by atoms with Crippen LogP contribution in [0.3, 0.4) is 0 Å². The van der Waals surface area contributed by atoms with Crippen LogP contribution in [-0.4, -0.2) is 38.8 Å². The number of hydrogen-bond acceptors (Lipinski definition) is 5. The number of hydrogen-bond donors (Lipinski definition) is 1. The topological polar surface area (TPSA) is 73.9 Å². The highest BCUT2D eigenvalue weighted by molar-refractivity contribution is 5.89. The summed E-state index contributed by atoms with van der Waals surface area (Å²) in [6.45, 7) is 3.71. The predicted octanol–water partition coefficient (Wildman–Crippen LogP) is 4.31. The van der Waals surface area contributed by atoms with Crippen LogP contribution in [-0.2, 0) is 14.3 Å². The van der Waals surface area contributed by atoms with Crippen LogP contribution in [0.2, 0.25) is 0 Å². The summed E-state index contributed by atoms with van der Waals surface area (Å²) in [6.07, 6.45) is 2.96. The molecule has 2 aromatic carbocycles. The number of amides is 1. The van der Waals surface area contributed by atoms with Crippen LogP contribution in [0.25, 0.3) is 0 Å². The zero-order valence-corrected chi connectivity index (χ0v) is 18.3. The van der Waals surface area contributed by atoms with E-state index in [4.69, 9.17) is 14.2 Å². The van der Waals surface area contributed by atoms with E-state index in [-0.39, 0.29) is 17.9 Å². The van der Waals surface area contributed by atoms with Crippen molar-refractivity contribution in [1.29, 1.82) is 0 Å². The van der Waals surface area contributed by atoms with Crippen molar-refractivity contribution < 1.29 is 23.8 Å². The van der Waals surface area contributed by atoms with Crippen LogP contribution >= 0.6 is 0 Å². The lowest BCUT2D eigenvalue weighted by molar-refractivity contribution is -0.138. The molecular weight excluding hydrogens is 394 g/mol. The van der Waals surface area contributed by atoms with Gasteiger partial charge in [-0.3, -0.25) is 4.79 Å². The Labute approximate surface area is 183 Å². The highest BCUT2D eigenvalue weighted by atomic mass is 16.5. The summed E-state index contributed by atoms with van der Waals surface area (Å²) in [5, 5.41) is 3.18. The smallest absolute Gasteiger partial charge is 0.337 e. The second-order valence-electron chi connectivity index (χ2n) is 7.97. The van der Waals surface area contributed by atoms with Gasteiger partial charge in [0.05, 0.1) is 30.7 Å². The van der Waals surface area contributed by atoms with Crippen molar-refractivity contribution in [2.45, 2.75) is 38.6 Å². The maximum absolute atomic E-state index is 13.3. The molecule has 0 aromatic heterocycles. The second kappa shape index (κ2) is 11.0. The van der Waals surface area contributed by atoms with Gasteiger partial charge < -0.3 is 19.5 Å². The Morgan fingerprint density at radius 3 is 2.39 bits per heavy atom. The zero-order chi connectivity index (χ0) is 22.1.